The number of halogens is 5. The van der Waals surface area contributed by atoms with Gasteiger partial charge in [0.15, 0.2) is 11.6 Å². The van der Waals surface area contributed by atoms with Crippen molar-refractivity contribution in [3.8, 4) is 0 Å². The van der Waals surface area contributed by atoms with E-state index in [1.54, 1.807) is 7.05 Å². The van der Waals surface area contributed by atoms with Crippen molar-refractivity contribution in [1.82, 2.24) is 14.6 Å². The lowest BCUT2D eigenvalue weighted by Crippen LogP contribution is -2.12. The van der Waals surface area contributed by atoms with Crippen LogP contribution in [0.4, 0.5) is 33.6 Å². The average Bonchev–Trinajstić information content (AvgIpc) is 3.18. The first kappa shape index (κ1) is 17.1. The molecule has 2 aromatic heterocycles. The highest BCUT2D eigenvalue weighted by molar-refractivity contribution is 5.95. The molecule has 4 aromatic rings. The van der Waals surface area contributed by atoms with Gasteiger partial charge in [0, 0.05) is 13.2 Å². The van der Waals surface area contributed by atoms with Gasteiger partial charge in [0.25, 0.3) is 0 Å². The summed E-state index contributed by atoms with van der Waals surface area (Å²) >= 11 is 0. The predicted molar refractivity (Wildman–Crippen MR) is 91.5 cm³/mol. The normalized spacial score (nSPS) is 12.1. The van der Waals surface area contributed by atoms with E-state index in [9.17, 15) is 22.0 Å². The van der Waals surface area contributed by atoms with Gasteiger partial charge in [-0.1, -0.05) is 0 Å². The fourth-order valence-corrected chi connectivity index (χ4v) is 2.94. The molecule has 10 heteroatoms. The van der Waals surface area contributed by atoms with Crippen molar-refractivity contribution in [3.05, 3.63) is 53.7 Å². The van der Waals surface area contributed by atoms with Crippen LogP contribution in [0.15, 0.2) is 36.5 Å². The van der Waals surface area contributed by atoms with Crippen LogP contribution in [-0.2, 0) is 6.18 Å². The van der Waals surface area contributed by atoms with Crippen LogP contribution in [-0.4, -0.2) is 21.7 Å². The summed E-state index contributed by atoms with van der Waals surface area (Å²) < 4.78 is 67.9. The molecule has 0 aliphatic rings. The van der Waals surface area contributed by atoms with E-state index in [1.807, 2.05) is 0 Å². The molecule has 0 spiro atoms. The summed E-state index contributed by atoms with van der Waals surface area (Å²) in [7, 11) is 1.56. The van der Waals surface area contributed by atoms with Crippen molar-refractivity contribution >= 4 is 33.6 Å². The molecule has 0 saturated heterocycles. The highest BCUT2D eigenvalue weighted by Crippen LogP contribution is 2.33. The second-order valence-electron chi connectivity index (χ2n) is 5.81. The molecule has 0 atom stereocenters. The van der Waals surface area contributed by atoms with Gasteiger partial charge < -0.3 is 15.7 Å². The summed E-state index contributed by atoms with van der Waals surface area (Å²) in [4.78, 5) is 6.95. The molecule has 0 saturated carbocycles. The van der Waals surface area contributed by atoms with Gasteiger partial charge in [-0.15, -0.1) is 0 Å². The highest BCUT2D eigenvalue weighted by Gasteiger charge is 2.31. The van der Waals surface area contributed by atoms with E-state index in [0.29, 0.717) is 11.0 Å². The first-order chi connectivity index (χ1) is 12.8. The third kappa shape index (κ3) is 2.73. The summed E-state index contributed by atoms with van der Waals surface area (Å²) in [5.41, 5.74) is 3.01. The van der Waals surface area contributed by atoms with Crippen molar-refractivity contribution in [2.75, 3.05) is 17.8 Å². The van der Waals surface area contributed by atoms with Gasteiger partial charge >= 0.3 is 6.18 Å². The number of aromatic amines is 1. The first-order valence-corrected chi connectivity index (χ1v) is 7.79. The number of rotatable bonds is 3. The van der Waals surface area contributed by atoms with Crippen LogP contribution >= 0.6 is 0 Å². The lowest BCUT2D eigenvalue weighted by atomic mass is 10.2. The maximum Gasteiger partial charge on any atom is 0.416 e. The lowest BCUT2D eigenvalue weighted by molar-refractivity contribution is -0.137. The minimum Gasteiger partial charge on any atom is -0.359 e. The Labute approximate surface area is 148 Å². The van der Waals surface area contributed by atoms with Crippen LogP contribution in [0.2, 0.25) is 0 Å². The Balaban J connectivity index is 1.84. The minimum atomic E-state index is -4.50. The molecule has 4 rings (SSSR count). The van der Waals surface area contributed by atoms with Crippen LogP contribution in [0.3, 0.4) is 0 Å². The van der Waals surface area contributed by atoms with Gasteiger partial charge in [0.05, 0.1) is 33.2 Å². The number of alkyl halides is 3. The Bertz CT molecular complexity index is 1160. The van der Waals surface area contributed by atoms with Gasteiger partial charge in [-0.05, 0) is 30.3 Å². The number of nitrogens with one attached hydrogen (secondary N) is 3. The second-order valence-corrected chi connectivity index (χ2v) is 5.81. The number of aromatic nitrogens is 3. The Morgan fingerprint density at radius 3 is 2.59 bits per heavy atom. The SMILES string of the molecule is CNn1c(Nc2c[nH]c3ccc(F)c(F)c23)nc2cc(C(F)(F)F)ccc21. The lowest BCUT2D eigenvalue weighted by Gasteiger charge is -2.10. The molecule has 27 heavy (non-hydrogen) atoms. The quantitative estimate of drug-likeness (QED) is 0.450. The standard InChI is InChI=1S/C17H12F5N5/c1-23-27-13-5-2-8(17(20,21)22)6-11(13)25-16(27)26-12-7-24-10-4-3-9(18)15(19)14(10)12/h2-7,23-24H,1H3,(H,25,26). The van der Waals surface area contributed by atoms with Gasteiger partial charge in [-0.2, -0.15) is 13.2 Å². The molecule has 0 aliphatic carbocycles. The van der Waals surface area contributed by atoms with Crippen LogP contribution in [0.25, 0.3) is 21.9 Å². The van der Waals surface area contributed by atoms with E-state index in [1.165, 1.54) is 23.0 Å². The third-order valence-electron chi connectivity index (χ3n) is 4.19. The van der Waals surface area contributed by atoms with Gasteiger partial charge in [0.2, 0.25) is 5.95 Å². The van der Waals surface area contributed by atoms with Crippen molar-refractivity contribution in [2.45, 2.75) is 6.18 Å². The monoisotopic (exact) mass is 381 g/mol. The average molecular weight is 381 g/mol. The molecule has 2 heterocycles. The molecule has 0 fully saturated rings. The van der Waals surface area contributed by atoms with Crippen LogP contribution in [0, 0.1) is 11.6 Å². The zero-order valence-electron chi connectivity index (χ0n) is 13.7. The summed E-state index contributed by atoms with van der Waals surface area (Å²) in [6.45, 7) is 0. The molecule has 0 amide bonds. The minimum absolute atomic E-state index is 0.0133. The number of benzene rings is 2. The molecule has 0 radical (unpaired) electrons. The molecule has 0 bridgehead atoms. The highest BCUT2D eigenvalue weighted by atomic mass is 19.4. The molecule has 140 valence electrons. The van der Waals surface area contributed by atoms with Crippen LogP contribution in [0.1, 0.15) is 5.56 Å². The maximum absolute atomic E-state index is 14.2. The predicted octanol–water partition coefficient (Wildman–Crippen LogP) is 4.73. The van der Waals surface area contributed by atoms with Crippen molar-refractivity contribution in [2.24, 2.45) is 0 Å². The van der Waals surface area contributed by atoms with Gasteiger partial charge in [-0.3, -0.25) is 0 Å². The summed E-state index contributed by atoms with van der Waals surface area (Å²) in [5.74, 6) is -1.93. The first-order valence-electron chi connectivity index (χ1n) is 7.79. The van der Waals surface area contributed by atoms with Crippen molar-refractivity contribution in [1.29, 1.82) is 0 Å². The van der Waals surface area contributed by atoms with E-state index >= 15 is 0 Å². The summed E-state index contributed by atoms with van der Waals surface area (Å²) in [5, 5.41) is 2.82. The Morgan fingerprint density at radius 2 is 1.89 bits per heavy atom. The summed E-state index contributed by atoms with van der Waals surface area (Å²) in [6.07, 6.45) is -3.07. The van der Waals surface area contributed by atoms with E-state index in [0.717, 1.165) is 18.2 Å². The molecule has 3 N–H and O–H groups in total. The molecule has 5 nitrogen and oxygen atoms in total. The number of anilines is 2. The smallest absolute Gasteiger partial charge is 0.359 e. The van der Waals surface area contributed by atoms with E-state index in [4.69, 9.17) is 0 Å². The number of hydrogen-bond acceptors (Lipinski definition) is 3. The Hall–Kier alpha value is -3.30. The third-order valence-corrected chi connectivity index (χ3v) is 4.19. The molecule has 0 aliphatic heterocycles. The van der Waals surface area contributed by atoms with E-state index in [2.05, 4.69) is 20.7 Å². The Kier molecular flexibility index (Phi) is 3.72. The number of fused-ring (bicyclic) bond motifs is 2. The van der Waals surface area contributed by atoms with Crippen LogP contribution in [0.5, 0.6) is 0 Å². The second kappa shape index (κ2) is 5.86. The molecular weight excluding hydrogens is 369 g/mol. The van der Waals surface area contributed by atoms with Gasteiger partial charge in [-0.25, -0.2) is 18.4 Å². The number of imidazole rings is 1. The molecule has 2 aromatic carbocycles. The fourth-order valence-electron chi connectivity index (χ4n) is 2.94. The molecule has 0 unspecified atom stereocenters. The Morgan fingerprint density at radius 1 is 1.11 bits per heavy atom. The topological polar surface area (TPSA) is 57.7 Å². The van der Waals surface area contributed by atoms with E-state index < -0.39 is 23.4 Å². The van der Waals surface area contributed by atoms with E-state index in [-0.39, 0.29) is 22.5 Å². The zero-order valence-corrected chi connectivity index (χ0v) is 13.7. The van der Waals surface area contributed by atoms with Crippen LogP contribution < -0.4 is 10.7 Å². The fraction of sp³-hybridized carbons (Fsp3) is 0.118. The maximum atomic E-state index is 14.2. The zero-order chi connectivity index (χ0) is 19.3. The number of hydrogen-bond donors (Lipinski definition) is 3. The summed E-state index contributed by atoms with van der Waals surface area (Å²) in [6, 6.07) is 5.53. The molecular formula is C17H12F5N5. The van der Waals surface area contributed by atoms with Crippen molar-refractivity contribution in [3.63, 3.8) is 0 Å². The number of H-pyrrole nitrogens is 1. The van der Waals surface area contributed by atoms with Crippen molar-refractivity contribution < 1.29 is 22.0 Å². The largest absolute Gasteiger partial charge is 0.416 e. The van der Waals surface area contributed by atoms with Gasteiger partial charge in [0.1, 0.15) is 0 Å². The number of nitrogens with zero attached hydrogens (tertiary/aromatic N) is 2.